The summed E-state index contributed by atoms with van der Waals surface area (Å²) >= 11 is 0. The van der Waals surface area contributed by atoms with Gasteiger partial charge in [-0.1, -0.05) is 24.3 Å². The van der Waals surface area contributed by atoms with E-state index in [1.807, 2.05) is 24.3 Å². The third-order valence-electron chi connectivity index (χ3n) is 3.80. The SMILES string of the molecule is COCCNCC(=O)N1Cc2ccccc2CC1C(=O)OC. The number of fused-ring (bicyclic) bond motifs is 1. The third kappa shape index (κ3) is 3.84. The second-order valence-corrected chi connectivity index (χ2v) is 5.20. The molecule has 1 aromatic carbocycles. The van der Waals surface area contributed by atoms with Gasteiger partial charge in [-0.2, -0.15) is 0 Å². The van der Waals surface area contributed by atoms with Crippen molar-refractivity contribution in [1.82, 2.24) is 10.2 Å². The average Bonchev–Trinajstić information content (AvgIpc) is 2.56. The van der Waals surface area contributed by atoms with Crippen LogP contribution in [-0.4, -0.2) is 56.7 Å². The van der Waals surface area contributed by atoms with Crippen LogP contribution < -0.4 is 5.32 Å². The fourth-order valence-corrected chi connectivity index (χ4v) is 2.60. The van der Waals surface area contributed by atoms with Gasteiger partial charge < -0.3 is 19.7 Å². The van der Waals surface area contributed by atoms with Gasteiger partial charge in [0, 0.05) is 26.6 Å². The molecule has 6 nitrogen and oxygen atoms in total. The van der Waals surface area contributed by atoms with Gasteiger partial charge in [0.05, 0.1) is 20.3 Å². The topological polar surface area (TPSA) is 67.9 Å². The lowest BCUT2D eigenvalue weighted by atomic mass is 9.94. The number of carbonyl (C=O) groups is 2. The molecule has 120 valence electrons. The molecule has 1 amide bonds. The van der Waals surface area contributed by atoms with Crippen LogP contribution in [0.25, 0.3) is 0 Å². The van der Waals surface area contributed by atoms with Crippen LogP contribution >= 0.6 is 0 Å². The summed E-state index contributed by atoms with van der Waals surface area (Å²) in [5.74, 6) is -0.485. The smallest absolute Gasteiger partial charge is 0.328 e. The van der Waals surface area contributed by atoms with Crippen molar-refractivity contribution in [3.05, 3.63) is 35.4 Å². The lowest BCUT2D eigenvalue weighted by molar-refractivity contribution is -0.153. The van der Waals surface area contributed by atoms with Gasteiger partial charge >= 0.3 is 5.97 Å². The molecule has 1 aliphatic heterocycles. The molecule has 1 aliphatic rings. The first kappa shape index (κ1) is 16.5. The Bertz CT molecular complexity index is 533. The number of hydrogen-bond acceptors (Lipinski definition) is 5. The van der Waals surface area contributed by atoms with Crippen LogP contribution in [0.2, 0.25) is 0 Å². The van der Waals surface area contributed by atoms with Gasteiger partial charge in [-0.05, 0) is 11.1 Å². The highest BCUT2D eigenvalue weighted by Gasteiger charge is 2.34. The Kier molecular flexibility index (Phi) is 5.91. The minimum absolute atomic E-state index is 0.110. The molecule has 0 saturated heterocycles. The molecule has 0 radical (unpaired) electrons. The Hall–Kier alpha value is -1.92. The summed E-state index contributed by atoms with van der Waals surface area (Å²) in [4.78, 5) is 26.0. The molecular formula is C16H22N2O4. The van der Waals surface area contributed by atoms with E-state index in [0.29, 0.717) is 26.1 Å². The van der Waals surface area contributed by atoms with Crippen molar-refractivity contribution in [3.63, 3.8) is 0 Å². The Labute approximate surface area is 130 Å². The summed E-state index contributed by atoms with van der Waals surface area (Å²) in [6, 6.07) is 7.30. The number of hydrogen-bond donors (Lipinski definition) is 1. The molecule has 0 spiro atoms. The molecule has 22 heavy (non-hydrogen) atoms. The number of rotatable bonds is 6. The van der Waals surface area contributed by atoms with Crippen LogP contribution in [0.5, 0.6) is 0 Å². The second kappa shape index (κ2) is 7.91. The first-order valence-corrected chi connectivity index (χ1v) is 7.31. The Morgan fingerprint density at radius 3 is 2.68 bits per heavy atom. The monoisotopic (exact) mass is 306 g/mol. The lowest BCUT2D eigenvalue weighted by Crippen LogP contribution is -2.51. The summed E-state index contributed by atoms with van der Waals surface area (Å²) < 4.78 is 9.79. The zero-order valence-electron chi connectivity index (χ0n) is 13.0. The lowest BCUT2D eigenvalue weighted by Gasteiger charge is -2.35. The van der Waals surface area contributed by atoms with Crippen molar-refractivity contribution in [2.24, 2.45) is 0 Å². The van der Waals surface area contributed by atoms with Crippen LogP contribution in [0.4, 0.5) is 0 Å². The number of carbonyl (C=O) groups excluding carboxylic acids is 2. The van der Waals surface area contributed by atoms with Crippen molar-refractivity contribution in [1.29, 1.82) is 0 Å². The highest BCUT2D eigenvalue weighted by atomic mass is 16.5. The summed E-state index contributed by atoms with van der Waals surface area (Å²) in [6.45, 7) is 1.74. The van der Waals surface area contributed by atoms with Gasteiger partial charge in [0.2, 0.25) is 5.91 Å². The first-order valence-electron chi connectivity index (χ1n) is 7.31. The van der Waals surface area contributed by atoms with Gasteiger partial charge in [0.25, 0.3) is 0 Å². The summed E-state index contributed by atoms with van der Waals surface area (Å²) in [7, 11) is 2.96. The number of benzene rings is 1. The van der Waals surface area contributed by atoms with Crippen LogP contribution in [0.1, 0.15) is 11.1 Å². The molecule has 6 heteroatoms. The minimum atomic E-state index is -0.559. The number of nitrogens with one attached hydrogen (secondary N) is 1. The molecule has 1 aromatic rings. The predicted molar refractivity (Wildman–Crippen MR) is 81.2 cm³/mol. The number of esters is 1. The van der Waals surface area contributed by atoms with Gasteiger partial charge in [0.15, 0.2) is 0 Å². The maximum atomic E-state index is 12.4. The van der Waals surface area contributed by atoms with E-state index >= 15 is 0 Å². The Morgan fingerprint density at radius 2 is 2.00 bits per heavy atom. The van der Waals surface area contributed by atoms with Gasteiger partial charge in [0.1, 0.15) is 6.04 Å². The van der Waals surface area contributed by atoms with E-state index in [1.165, 1.54) is 7.11 Å². The fraction of sp³-hybridized carbons (Fsp3) is 0.500. The number of nitrogens with zero attached hydrogens (tertiary/aromatic N) is 1. The highest BCUT2D eigenvalue weighted by molar-refractivity contribution is 5.86. The van der Waals surface area contributed by atoms with E-state index < -0.39 is 6.04 Å². The number of ether oxygens (including phenoxy) is 2. The Morgan fingerprint density at radius 1 is 1.27 bits per heavy atom. The zero-order valence-corrected chi connectivity index (χ0v) is 13.0. The standard InChI is InChI=1S/C16H22N2O4/c1-21-8-7-17-10-15(19)18-11-13-6-4-3-5-12(13)9-14(18)16(20)22-2/h3-6,14,17H,7-11H2,1-2H3. The van der Waals surface area contributed by atoms with Gasteiger partial charge in [-0.15, -0.1) is 0 Å². The summed E-state index contributed by atoms with van der Waals surface area (Å²) in [5, 5.41) is 3.02. The molecule has 0 aliphatic carbocycles. The molecule has 1 N–H and O–H groups in total. The van der Waals surface area contributed by atoms with Gasteiger partial charge in [-0.25, -0.2) is 4.79 Å². The van der Waals surface area contributed by atoms with Gasteiger partial charge in [-0.3, -0.25) is 4.79 Å². The van der Waals surface area contributed by atoms with Crippen LogP contribution in [0.15, 0.2) is 24.3 Å². The van der Waals surface area contributed by atoms with Crippen molar-refractivity contribution in [2.75, 3.05) is 33.9 Å². The van der Waals surface area contributed by atoms with E-state index in [-0.39, 0.29) is 18.4 Å². The molecule has 1 atom stereocenters. The molecule has 0 saturated carbocycles. The van der Waals surface area contributed by atoms with Crippen LogP contribution in [0, 0.1) is 0 Å². The normalized spacial score (nSPS) is 17.0. The zero-order chi connectivity index (χ0) is 15.9. The number of amides is 1. The first-order chi connectivity index (χ1) is 10.7. The average molecular weight is 306 g/mol. The maximum absolute atomic E-state index is 12.4. The van der Waals surface area contributed by atoms with E-state index in [4.69, 9.17) is 9.47 Å². The van der Waals surface area contributed by atoms with E-state index in [0.717, 1.165) is 11.1 Å². The van der Waals surface area contributed by atoms with Crippen molar-refractivity contribution in [2.45, 2.75) is 19.0 Å². The van der Waals surface area contributed by atoms with Crippen molar-refractivity contribution < 1.29 is 19.1 Å². The molecular weight excluding hydrogens is 284 g/mol. The highest BCUT2D eigenvalue weighted by Crippen LogP contribution is 2.24. The minimum Gasteiger partial charge on any atom is -0.467 e. The van der Waals surface area contributed by atoms with Crippen molar-refractivity contribution >= 4 is 11.9 Å². The molecule has 1 heterocycles. The molecule has 0 bridgehead atoms. The number of methoxy groups -OCH3 is 2. The van der Waals surface area contributed by atoms with Crippen LogP contribution in [0.3, 0.4) is 0 Å². The fourth-order valence-electron chi connectivity index (χ4n) is 2.60. The van der Waals surface area contributed by atoms with E-state index in [1.54, 1.807) is 12.0 Å². The molecule has 0 aromatic heterocycles. The largest absolute Gasteiger partial charge is 0.467 e. The van der Waals surface area contributed by atoms with Crippen molar-refractivity contribution in [3.8, 4) is 0 Å². The summed E-state index contributed by atoms with van der Waals surface area (Å²) in [6.07, 6.45) is 0.493. The van der Waals surface area contributed by atoms with E-state index in [2.05, 4.69) is 5.32 Å². The maximum Gasteiger partial charge on any atom is 0.328 e. The van der Waals surface area contributed by atoms with Crippen LogP contribution in [-0.2, 0) is 32.0 Å². The molecule has 1 unspecified atom stereocenters. The predicted octanol–water partition coefficient (Wildman–Crippen LogP) is 0.349. The third-order valence-corrected chi connectivity index (χ3v) is 3.80. The molecule has 2 rings (SSSR count). The molecule has 0 fully saturated rings. The quantitative estimate of drug-likeness (QED) is 0.607. The van der Waals surface area contributed by atoms with E-state index in [9.17, 15) is 9.59 Å². The summed E-state index contributed by atoms with van der Waals surface area (Å²) in [5.41, 5.74) is 2.17. The Balaban J connectivity index is 2.09. The second-order valence-electron chi connectivity index (χ2n) is 5.20.